The highest BCUT2D eigenvalue weighted by atomic mass is 16.5. The van der Waals surface area contributed by atoms with E-state index >= 15 is 0 Å². The number of nitrogens with zero attached hydrogens (tertiary/aromatic N) is 7. The molecule has 2 N–H and O–H groups in total. The average Bonchev–Trinajstić information content (AvgIpc) is 3.26. The molecule has 0 atom stereocenters. The molecule has 1 aliphatic rings. The molecule has 35 heavy (non-hydrogen) atoms. The van der Waals surface area contributed by atoms with Crippen molar-refractivity contribution in [3.05, 3.63) is 54.2 Å². The van der Waals surface area contributed by atoms with Gasteiger partial charge in [-0.1, -0.05) is 0 Å². The molecule has 5 heterocycles. The molecular weight excluding hydrogens is 444 g/mol. The maximum atomic E-state index is 9.36. The van der Waals surface area contributed by atoms with Crippen molar-refractivity contribution in [2.75, 3.05) is 29.9 Å². The number of rotatable bonds is 6. The summed E-state index contributed by atoms with van der Waals surface area (Å²) < 4.78 is 7.85. The highest BCUT2D eigenvalue weighted by Gasteiger charge is 2.19. The van der Waals surface area contributed by atoms with Gasteiger partial charge in [-0.25, -0.2) is 15.0 Å². The fourth-order valence-corrected chi connectivity index (χ4v) is 4.20. The van der Waals surface area contributed by atoms with E-state index < -0.39 is 0 Å². The summed E-state index contributed by atoms with van der Waals surface area (Å²) in [6.07, 6.45) is 7.07. The number of fused-ring (bicyclic) bond motifs is 1. The Hall–Kier alpha value is -4.23. The number of piperidine rings is 1. The third kappa shape index (κ3) is 4.72. The number of hydrogen-bond acceptors (Lipinski definition) is 9. The van der Waals surface area contributed by atoms with Gasteiger partial charge in [0.15, 0.2) is 11.4 Å². The van der Waals surface area contributed by atoms with Crippen LogP contribution in [0.5, 0.6) is 11.6 Å². The Kier molecular flexibility index (Phi) is 6.16. The first-order valence-electron chi connectivity index (χ1n) is 11.5. The summed E-state index contributed by atoms with van der Waals surface area (Å²) in [7, 11) is 1.87. The average molecular weight is 471 g/mol. The summed E-state index contributed by atoms with van der Waals surface area (Å²) in [5, 5.41) is 21.8. The van der Waals surface area contributed by atoms with Gasteiger partial charge >= 0.3 is 0 Å². The summed E-state index contributed by atoms with van der Waals surface area (Å²) >= 11 is 0. The highest BCUT2D eigenvalue weighted by molar-refractivity contribution is 5.88. The lowest BCUT2D eigenvalue weighted by molar-refractivity contribution is 0.203. The molecule has 4 aromatic heterocycles. The van der Waals surface area contributed by atoms with E-state index in [0.717, 1.165) is 37.2 Å². The van der Waals surface area contributed by atoms with E-state index in [1.54, 1.807) is 18.5 Å². The molecule has 10 heteroatoms. The van der Waals surface area contributed by atoms with E-state index in [1.165, 1.54) is 6.20 Å². The summed E-state index contributed by atoms with van der Waals surface area (Å²) in [6.45, 7) is 3.96. The number of aliphatic hydroxyl groups excluding tert-OH is 1. The Bertz CT molecular complexity index is 1390. The minimum absolute atomic E-state index is 0.260. The molecular formula is C25H26N8O2. The summed E-state index contributed by atoms with van der Waals surface area (Å²) in [5.74, 6) is 1.98. The lowest BCUT2D eigenvalue weighted by atomic mass is 9.98. The lowest BCUT2D eigenvalue weighted by Gasteiger charge is -2.32. The van der Waals surface area contributed by atoms with Crippen molar-refractivity contribution in [2.24, 2.45) is 13.0 Å². The van der Waals surface area contributed by atoms with Gasteiger partial charge in [-0.2, -0.15) is 10.2 Å². The van der Waals surface area contributed by atoms with Gasteiger partial charge in [0.25, 0.3) is 0 Å². The number of ether oxygens (including phenoxy) is 1. The predicted octanol–water partition coefficient (Wildman–Crippen LogP) is 3.68. The third-order valence-corrected chi connectivity index (χ3v) is 6.29. The van der Waals surface area contributed by atoms with Crippen molar-refractivity contribution in [3.8, 4) is 17.7 Å². The van der Waals surface area contributed by atoms with Gasteiger partial charge < -0.3 is 24.6 Å². The molecule has 0 radical (unpaired) electrons. The largest absolute Gasteiger partial charge is 0.437 e. The molecule has 0 amide bonds. The van der Waals surface area contributed by atoms with Crippen molar-refractivity contribution >= 4 is 28.4 Å². The van der Waals surface area contributed by atoms with Crippen molar-refractivity contribution in [3.63, 3.8) is 0 Å². The number of aryl methyl sites for hydroxylation is 2. The molecule has 10 nitrogen and oxygen atoms in total. The number of imidazole rings is 1. The smallest absolute Gasteiger partial charge is 0.223 e. The minimum Gasteiger partial charge on any atom is -0.437 e. The van der Waals surface area contributed by atoms with Gasteiger partial charge in [-0.15, -0.1) is 0 Å². The van der Waals surface area contributed by atoms with Crippen LogP contribution in [0.1, 0.15) is 24.1 Å². The van der Waals surface area contributed by atoms with E-state index in [0.29, 0.717) is 45.9 Å². The molecule has 0 aromatic carbocycles. The second kappa shape index (κ2) is 9.56. The van der Waals surface area contributed by atoms with E-state index in [-0.39, 0.29) is 6.61 Å². The van der Waals surface area contributed by atoms with E-state index in [2.05, 4.69) is 36.2 Å². The van der Waals surface area contributed by atoms with Crippen LogP contribution in [0, 0.1) is 24.2 Å². The summed E-state index contributed by atoms with van der Waals surface area (Å²) in [5.41, 5.74) is 4.27. The number of aromatic nitrogens is 5. The highest BCUT2D eigenvalue weighted by Crippen LogP contribution is 2.31. The number of pyridine rings is 3. The molecule has 0 spiro atoms. The van der Waals surface area contributed by atoms with Crippen LogP contribution in [0.15, 0.2) is 43.0 Å². The molecule has 1 aliphatic heterocycles. The van der Waals surface area contributed by atoms with Gasteiger partial charge in [0, 0.05) is 32.8 Å². The summed E-state index contributed by atoms with van der Waals surface area (Å²) in [6, 6.07) is 9.48. The topological polar surface area (TPSA) is 125 Å². The molecule has 178 valence electrons. The van der Waals surface area contributed by atoms with Crippen molar-refractivity contribution in [2.45, 2.75) is 19.8 Å². The fourth-order valence-electron chi connectivity index (χ4n) is 4.20. The van der Waals surface area contributed by atoms with Gasteiger partial charge in [-0.3, -0.25) is 0 Å². The van der Waals surface area contributed by atoms with Crippen molar-refractivity contribution in [1.29, 1.82) is 5.26 Å². The predicted molar refractivity (Wildman–Crippen MR) is 132 cm³/mol. The molecule has 0 saturated carbocycles. The molecule has 0 bridgehead atoms. The molecule has 1 fully saturated rings. The Labute approximate surface area is 202 Å². The second-order valence-corrected chi connectivity index (χ2v) is 8.72. The molecule has 0 unspecified atom stereocenters. The first-order chi connectivity index (χ1) is 17.0. The van der Waals surface area contributed by atoms with E-state index in [1.807, 2.05) is 36.9 Å². The zero-order valence-corrected chi connectivity index (χ0v) is 19.6. The quantitative estimate of drug-likeness (QED) is 0.434. The zero-order chi connectivity index (χ0) is 24.4. The molecule has 4 aromatic rings. The minimum atomic E-state index is 0.260. The number of aliphatic hydroxyl groups is 1. The van der Waals surface area contributed by atoms with E-state index in [9.17, 15) is 5.11 Å². The number of nitriles is 1. The van der Waals surface area contributed by atoms with Crippen LogP contribution in [0.25, 0.3) is 11.2 Å². The van der Waals surface area contributed by atoms with Crippen LogP contribution in [0.2, 0.25) is 0 Å². The number of nitrogens with one attached hydrogen (secondary N) is 1. The second-order valence-electron chi connectivity index (χ2n) is 8.72. The monoisotopic (exact) mass is 470 g/mol. The zero-order valence-electron chi connectivity index (χ0n) is 19.6. The Morgan fingerprint density at radius 3 is 2.69 bits per heavy atom. The van der Waals surface area contributed by atoms with Crippen LogP contribution in [-0.2, 0) is 7.05 Å². The Morgan fingerprint density at radius 2 is 2.00 bits per heavy atom. The van der Waals surface area contributed by atoms with Gasteiger partial charge in [0.2, 0.25) is 5.88 Å². The summed E-state index contributed by atoms with van der Waals surface area (Å²) in [4.78, 5) is 20.1. The van der Waals surface area contributed by atoms with Gasteiger partial charge in [0.05, 0.1) is 30.1 Å². The van der Waals surface area contributed by atoms with Gasteiger partial charge in [0.1, 0.15) is 23.1 Å². The fraction of sp³-hybridized carbons (Fsp3) is 0.320. The SMILES string of the molecule is Cc1cc(C#N)ncc1Oc1cc(Nc2ccc(N3CCC(CO)CC3)cn2)c2ncn(C)c2n1. The van der Waals surface area contributed by atoms with Crippen molar-refractivity contribution < 1.29 is 9.84 Å². The van der Waals surface area contributed by atoms with Crippen LogP contribution in [-0.4, -0.2) is 49.3 Å². The van der Waals surface area contributed by atoms with Crippen LogP contribution in [0.3, 0.4) is 0 Å². The van der Waals surface area contributed by atoms with Crippen LogP contribution < -0.4 is 15.0 Å². The van der Waals surface area contributed by atoms with Crippen LogP contribution >= 0.6 is 0 Å². The molecule has 1 saturated heterocycles. The Morgan fingerprint density at radius 1 is 1.17 bits per heavy atom. The van der Waals surface area contributed by atoms with Crippen molar-refractivity contribution in [1.82, 2.24) is 24.5 Å². The molecule has 0 aliphatic carbocycles. The van der Waals surface area contributed by atoms with Crippen LogP contribution in [0.4, 0.5) is 17.2 Å². The van der Waals surface area contributed by atoms with E-state index in [4.69, 9.17) is 10.00 Å². The Balaban J connectivity index is 1.39. The first-order valence-corrected chi connectivity index (χ1v) is 11.5. The standard InChI is InChI=1S/C25H26N8O2/c1-16-9-18(11-26)27-13-21(16)35-23-10-20(24-25(31-23)32(2)15-29-24)30-22-4-3-19(12-28-22)33-7-5-17(14-34)6-8-33/h3-4,9-10,12-13,15,17,34H,5-8,14H2,1-2H3,(H,28,30,31). The number of anilines is 3. The molecule has 5 rings (SSSR count). The lowest BCUT2D eigenvalue weighted by Crippen LogP contribution is -2.34. The van der Waals surface area contributed by atoms with Gasteiger partial charge in [-0.05, 0) is 49.4 Å². The first kappa shape index (κ1) is 22.6. The normalized spacial score (nSPS) is 14.2. The maximum Gasteiger partial charge on any atom is 0.223 e. The third-order valence-electron chi connectivity index (χ3n) is 6.29. The maximum absolute atomic E-state index is 9.36. The number of hydrogen-bond donors (Lipinski definition) is 2.